The number of benzene rings is 2. The van der Waals surface area contributed by atoms with E-state index >= 15 is 0 Å². The third-order valence-corrected chi connectivity index (χ3v) is 5.88. The molecule has 1 aliphatic rings. The average molecular weight is 490 g/mol. The summed E-state index contributed by atoms with van der Waals surface area (Å²) in [5, 5.41) is 3.23. The zero-order valence-electron chi connectivity index (χ0n) is 19.9. The number of carbonyl (C=O) groups is 2. The van der Waals surface area contributed by atoms with E-state index < -0.39 is 17.8 Å². The van der Waals surface area contributed by atoms with Crippen LogP contribution in [0.5, 0.6) is 0 Å². The second-order valence-electron chi connectivity index (χ2n) is 8.29. The van der Waals surface area contributed by atoms with Gasteiger partial charge in [0.2, 0.25) is 0 Å². The quantitative estimate of drug-likeness (QED) is 0.426. The molecular formula is C27H30F3NO4. The van der Waals surface area contributed by atoms with Gasteiger partial charge in [-0.25, -0.2) is 9.59 Å². The van der Waals surface area contributed by atoms with Crippen LogP contribution < -0.4 is 5.32 Å². The van der Waals surface area contributed by atoms with Gasteiger partial charge in [-0.15, -0.1) is 0 Å². The molecule has 3 rings (SSSR count). The van der Waals surface area contributed by atoms with Crippen LogP contribution in [0.1, 0.15) is 50.7 Å². The summed E-state index contributed by atoms with van der Waals surface area (Å²) in [6.45, 7) is 4.04. The van der Waals surface area contributed by atoms with E-state index in [1.165, 1.54) is 12.1 Å². The van der Waals surface area contributed by atoms with Gasteiger partial charge in [-0.05, 0) is 74.8 Å². The Morgan fingerprint density at radius 2 is 1.51 bits per heavy atom. The van der Waals surface area contributed by atoms with Crippen LogP contribution in [-0.2, 0) is 31.7 Å². The Labute approximate surface area is 203 Å². The van der Waals surface area contributed by atoms with Crippen molar-refractivity contribution in [3.05, 3.63) is 70.9 Å². The van der Waals surface area contributed by atoms with E-state index in [2.05, 4.69) is 5.32 Å². The molecule has 0 heterocycles. The van der Waals surface area contributed by atoms with Crippen LogP contribution in [0.3, 0.4) is 0 Å². The van der Waals surface area contributed by atoms with E-state index in [0.717, 1.165) is 35.4 Å². The Bertz CT molecular complexity index is 1040. The predicted octanol–water partition coefficient (Wildman–Crippen LogP) is 5.83. The highest BCUT2D eigenvalue weighted by atomic mass is 19.4. The average Bonchev–Trinajstić information content (AvgIpc) is 3.30. The van der Waals surface area contributed by atoms with Crippen LogP contribution in [0.25, 0.3) is 11.1 Å². The maximum Gasteiger partial charge on any atom is 0.416 e. The molecule has 0 amide bonds. The van der Waals surface area contributed by atoms with Crippen molar-refractivity contribution in [2.45, 2.75) is 58.2 Å². The zero-order valence-corrected chi connectivity index (χ0v) is 19.9. The lowest BCUT2D eigenvalue weighted by Crippen LogP contribution is -2.38. The molecular weight excluding hydrogens is 459 g/mol. The van der Waals surface area contributed by atoms with Crippen molar-refractivity contribution in [3.63, 3.8) is 0 Å². The number of rotatable bonds is 10. The van der Waals surface area contributed by atoms with E-state index in [4.69, 9.17) is 9.47 Å². The Morgan fingerprint density at radius 1 is 0.914 bits per heavy atom. The van der Waals surface area contributed by atoms with E-state index in [9.17, 15) is 22.8 Å². The van der Waals surface area contributed by atoms with Crippen molar-refractivity contribution in [1.29, 1.82) is 0 Å². The minimum atomic E-state index is -4.36. The smallest absolute Gasteiger partial charge is 0.416 e. The second-order valence-corrected chi connectivity index (χ2v) is 8.29. The first-order valence-corrected chi connectivity index (χ1v) is 11.8. The van der Waals surface area contributed by atoms with Crippen LogP contribution in [0.15, 0.2) is 59.8 Å². The molecule has 2 aromatic carbocycles. The van der Waals surface area contributed by atoms with Gasteiger partial charge in [0.15, 0.2) is 0 Å². The molecule has 188 valence electrons. The van der Waals surface area contributed by atoms with Gasteiger partial charge in [-0.1, -0.05) is 36.4 Å². The Balaban J connectivity index is 1.68. The number of carbonyl (C=O) groups excluding carboxylic acids is 2. The van der Waals surface area contributed by atoms with Crippen molar-refractivity contribution in [1.82, 2.24) is 5.32 Å². The fraction of sp³-hybridized carbons (Fsp3) is 0.407. The third kappa shape index (κ3) is 7.10. The highest BCUT2D eigenvalue weighted by molar-refractivity contribution is 5.90. The van der Waals surface area contributed by atoms with Gasteiger partial charge in [-0.2, -0.15) is 13.2 Å². The summed E-state index contributed by atoms with van der Waals surface area (Å²) >= 11 is 0. The lowest BCUT2D eigenvalue weighted by molar-refractivity contribution is -0.146. The molecule has 8 heteroatoms. The Kier molecular flexibility index (Phi) is 8.95. The van der Waals surface area contributed by atoms with Crippen molar-refractivity contribution in [2.75, 3.05) is 13.2 Å². The van der Waals surface area contributed by atoms with Gasteiger partial charge in [-0.3, -0.25) is 0 Å². The summed E-state index contributed by atoms with van der Waals surface area (Å²) in [4.78, 5) is 24.8. The number of esters is 2. The van der Waals surface area contributed by atoms with Gasteiger partial charge < -0.3 is 14.8 Å². The van der Waals surface area contributed by atoms with Gasteiger partial charge in [0, 0.05) is 5.70 Å². The molecule has 35 heavy (non-hydrogen) atoms. The first kappa shape index (κ1) is 26.3. The standard InChI is InChI=1S/C27H30F3NO4/c1-3-34-25(32)22-6-5-7-23(22)31-24(26(33)35-4-2)17-10-18-8-11-19(12-9-18)20-13-15-21(16-14-20)27(28,29)30/h8-9,11-16,24,31H,3-7,10,17H2,1-2H3. The summed E-state index contributed by atoms with van der Waals surface area (Å²) in [5.74, 6) is -0.731. The number of halogens is 3. The second kappa shape index (κ2) is 11.9. The molecule has 1 unspecified atom stereocenters. The lowest BCUT2D eigenvalue weighted by Gasteiger charge is -2.20. The molecule has 1 atom stereocenters. The molecule has 0 spiro atoms. The highest BCUT2D eigenvalue weighted by Gasteiger charge is 2.30. The topological polar surface area (TPSA) is 64.6 Å². The zero-order chi connectivity index (χ0) is 25.4. The van der Waals surface area contributed by atoms with Crippen molar-refractivity contribution in [3.8, 4) is 11.1 Å². The highest BCUT2D eigenvalue weighted by Crippen LogP contribution is 2.31. The number of ether oxygens (including phenoxy) is 2. The van der Waals surface area contributed by atoms with Crippen LogP contribution >= 0.6 is 0 Å². The fourth-order valence-corrected chi connectivity index (χ4v) is 4.08. The number of nitrogens with one attached hydrogen (secondary N) is 1. The first-order chi connectivity index (χ1) is 16.7. The lowest BCUT2D eigenvalue weighted by atomic mass is 9.99. The number of aryl methyl sites for hydroxylation is 1. The number of alkyl halides is 3. The summed E-state index contributed by atoms with van der Waals surface area (Å²) < 4.78 is 48.7. The summed E-state index contributed by atoms with van der Waals surface area (Å²) in [5.41, 5.74) is 3.11. The number of allylic oxidation sites excluding steroid dienone is 1. The molecule has 1 N–H and O–H groups in total. The van der Waals surface area contributed by atoms with Crippen molar-refractivity contribution < 1.29 is 32.2 Å². The molecule has 0 saturated heterocycles. The largest absolute Gasteiger partial charge is 0.464 e. The van der Waals surface area contributed by atoms with Crippen LogP contribution in [-0.4, -0.2) is 31.2 Å². The Morgan fingerprint density at radius 3 is 2.09 bits per heavy atom. The predicted molar refractivity (Wildman–Crippen MR) is 126 cm³/mol. The summed E-state index contributed by atoms with van der Waals surface area (Å²) in [6, 6.07) is 11.9. The minimum Gasteiger partial charge on any atom is -0.464 e. The summed E-state index contributed by atoms with van der Waals surface area (Å²) in [7, 11) is 0. The van der Waals surface area contributed by atoms with Crippen LogP contribution in [0, 0.1) is 0 Å². The van der Waals surface area contributed by atoms with Gasteiger partial charge in [0.1, 0.15) is 6.04 Å². The third-order valence-electron chi connectivity index (χ3n) is 5.88. The molecule has 0 saturated carbocycles. The maximum atomic E-state index is 12.8. The normalized spacial score (nSPS) is 14.5. The molecule has 0 aliphatic heterocycles. The maximum absolute atomic E-state index is 12.8. The van der Waals surface area contributed by atoms with Crippen molar-refractivity contribution in [2.24, 2.45) is 0 Å². The van der Waals surface area contributed by atoms with E-state index in [-0.39, 0.29) is 18.5 Å². The van der Waals surface area contributed by atoms with Crippen molar-refractivity contribution >= 4 is 11.9 Å². The van der Waals surface area contributed by atoms with E-state index in [0.29, 0.717) is 43.4 Å². The van der Waals surface area contributed by atoms with Crippen LogP contribution in [0.2, 0.25) is 0 Å². The minimum absolute atomic E-state index is 0.253. The van der Waals surface area contributed by atoms with Gasteiger partial charge in [0.25, 0.3) is 0 Å². The number of hydrogen-bond donors (Lipinski definition) is 1. The molecule has 1 aliphatic carbocycles. The monoisotopic (exact) mass is 489 g/mol. The fourth-order valence-electron chi connectivity index (χ4n) is 4.08. The molecule has 0 fully saturated rings. The first-order valence-electron chi connectivity index (χ1n) is 11.8. The van der Waals surface area contributed by atoms with Gasteiger partial charge >= 0.3 is 18.1 Å². The molecule has 0 bridgehead atoms. The summed E-state index contributed by atoms with van der Waals surface area (Å²) in [6.07, 6.45) is -1.23. The molecule has 0 aromatic heterocycles. The molecule has 0 radical (unpaired) electrons. The van der Waals surface area contributed by atoms with Gasteiger partial charge in [0.05, 0.1) is 24.4 Å². The molecule has 2 aromatic rings. The molecule has 5 nitrogen and oxygen atoms in total. The van der Waals surface area contributed by atoms with E-state index in [1.54, 1.807) is 13.8 Å². The number of hydrogen-bond acceptors (Lipinski definition) is 5. The SMILES string of the molecule is CCOC(=O)C1=C(NC(CCc2ccc(-c3ccc(C(F)(F)F)cc3)cc2)C(=O)OCC)CCC1. The van der Waals surface area contributed by atoms with E-state index in [1.807, 2.05) is 24.3 Å². The Hall–Kier alpha value is -3.29. The van der Waals surface area contributed by atoms with Crippen LogP contribution in [0.4, 0.5) is 13.2 Å².